The van der Waals surface area contributed by atoms with Crippen LogP contribution in [0.5, 0.6) is 0 Å². The Hall–Kier alpha value is -1.69. The summed E-state index contributed by atoms with van der Waals surface area (Å²) in [5.41, 5.74) is 4.74. The maximum atomic E-state index is 12.9. The Morgan fingerprint density at radius 2 is 1.84 bits per heavy atom. The number of pyridine rings is 1. The molecule has 0 spiro atoms. The number of amides is 1. The summed E-state index contributed by atoms with van der Waals surface area (Å²) in [5, 5.41) is 4.15. The van der Waals surface area contributed by atoms with Crippen LogP contribution in [0, 0.1) is 11.8 Å². The van der Waals surface area contributed by atoms with Gasteiger partial charge in [-0.05, 0) is 101 Å². The highest BCUT2D eigenvalue weighted by Gasteiger charge is 2.34. The van der Waals surface area contributed by atoms with Gasteiger partial charge >= 0.3 is 0 Å². The molecular weight excluding hydrogens is 486 g/mol. The van der Waals surface area contributed by atoms with Crippen LogP contribution in [0.4, 0.5) is 0 Å². The molecule has 6 heteroatoms. The summed E-state index contributed by atoms with van der Waals surface area (Å²) in [7, 11) is 0. The van der Waals surface area contributed by atoms with Gasteiger partial charge in [-0.3, -0.25) is 9.78 Å². The number of aromatic nitrogens is 1. The molecule has 1 unspecified atom stereocenters. The highest BCUT2D eigenvalue weighted by atomic mass is 79.9. The second-order valence-corrected chi connectivity index (χ2v) is 10.7. The lowest BCUT2D eigenvalue weighted by molar-refractivity contribution is -0.133. The van der Waals surface area contributed by atoms with Crippen molar-refractivity contribution in [2.24, 2.45) is 11.8 Å². The van der Waals surface area contributed by atoms with Crippen LogP contribution in [0.1, 0.15) is 60.4 Å². The number of piperidine rings is 2. The summed E-state index contributed by atoms with van der Waals surface area (Å²) in [6.45, 7) is 3.77. The van der Waals surface area contributed by atoms with Gasteiger partial charge in [-0.25, -0.2) is 0 Å². The number of nitrogens with one attached hydrogen (secondary N) is 1. The summed E-state index contributed by atoms with van der Waals surface area (Å²) in [6.07, 6.45) is 11.2. The van der Waals surface area contributed by atoms with Crippen LogP contribution in [-0.2, 0) is 4.79 Å². The Kier molecular flexibility index (Phi) is 6.68. The van der Waals surface area contributed by atoms with E-state index in [1.54, 1.807) is 0 Å². The van der Waals surface area contributed by atoms with Crippen molar-refractivity contribution >= 4 is 45.6 Å². The Balaban J connectivity index is 1.36. The molecule has 5 rings (SSSR count). The fraction of sp³-hybridized carbons (Fsp3) is 0.462. The van der Waals surface area contributed by atoms with Crippen molar-refractivity contribution in [3.63, 3.8) is 0 Å². The molecular formula is C26H29BrClN3O. The van der Waals surface area contributed by atoms with Gasteiger partial charge in [0.25, 0.3) is 0 Å². The third kappa shape index (κ3) is 4.66. The van der Waals surface area contributed by atoms with Crippen LogP contribution in [0.15, 0.2) is 34.9 Å². The van der Waals surface area contributed by atoms with Crippen LogP contribution >= 0.6 is 27.5 Å². The highest BCUT2D eigenvalue weighted by molar-refractivity contribution is 9.10. The lowest BCUT2D eigenvalue weighted by atomic mass is 9.76. The first kappa shape index (κ1) is 22.1. The van der Waals surface area contributed by atoms with Crippen molar-refractivity contribution in [2.45, 2.75) is 38.0 Å². The van der Waals surface area contributed by atoms with Gasteiger partial charge in [0.1, 0.15) is 0 Å². The molecule has 4 nitrogen and oxygen atoms in total. The number of rotatable bonds is 3. The number of halogens is 2. The zero-order valence-corrected chi connectivity index (χ0v) is 20.5. The molecule has 1 atom stereocenters. The Labute approximate surface area is 203 Å². The molecule has 1 N–H and O–H groups in total. The van der Waals surface area contributed by atoms with Gasteiger partial charge in [0, 0.05) is 41.1 Å². The second-order valence-electron chi connectivity index (χ2n) is 9.33. The maximum absolute atomic E-state index is 12.9. The number of hydrogen-bond acceptors (Lipinski definition) is 3. The average Bonchev–Trinajstić information content (AvgIpc) is 2.96. The van der Waals surface area contributed by atoms with Gasteiger partial charge in [0.05, 0.1) is 5.69 Å². The van der Waals surface area contributed by atoms with E-state index in [1.165, 1.54) is 11.1 Å². The minimum absolute atomic E-state index is 0.210. The molecule has 2 saturated heterocycles. The van der Waals surface area contributed by atoms with E-state index in [4.69, 9.17) is 16.6 Å². The number of benzene rings is 1. The SMILES string of the molecule is O=C(CC1CCNCC1)N1CCC(C2c3ccc(Cl)cc3C=Cc3cc(Br)cnc32)CC1. The van der Waals surface area contributed by atoms with Gasteiger partial charge in [-0.1, -0.05) is 29.8 Å². The van der Waals surface area contributed by atoms with Gasteiger partial charge < -0.3 is 10.2 Å². The summed E-state index contributed by atoms with van der Waals surface area (Å²) >= 11 is 9.91. The first-order valence-electron chi connectivity index (χ1n) is 11.7. The van der Waals surface area contributed by atoms with Crippen molar-refractivity contribution in [2.75, 3.05) is 26.2 Å². The predicted molar refractivity (Wildman–Crippen MR) is 134 cm³/mol. The van der Waals surface area contributed by atoms with E-state index in [0.717, 1.165) is 72.6 Å². The van der Waals surface area contributed by atoms with Crippen LogP contribution < -0.4 is 5.32 Å². The van der Waals surface area contributed by atoms with E-state index < -0.39 is 0 Å². The minimum atomic E-state index is 0.210. The number of hydrogen-bond donors (Lipinski definition) is 1. The van der Waals surface area contributed by atoms with E-state index in [1.807, 2.05) is 12.3 Å². The summed E-state index contributed by atoms with van der Waals surface area (Å²) in [6, 6.07) is 8.36. The third-order valence-electron chi connectivity index (χ3n) is 7.32. The van der Waals surface area contributed by atoms with Crippen molar-refractivity contribution in [3.05, 3.63) is 62.3 Å². The highest BCUT2D eigenvalue weighted by Crippen LogP contribution is 2.43. The lowest BCUT2D eigenvalue weighted by Gasteiger charge is -2.37. The Bertz CT molecular complexity index is 970. The van der Waals surface area contributed by atoms with Crippen LogP contribution in [0.25, 0.3) is 12.2 Å². The standard InChI is InChI=1S/C26H29BrClN3O/c27-21-14-20-2-1-19-15-22(28)3-4-23(19)25(26(20)30-16-21)18-7-11-31(12-8-18)24(32)13-17-5-9-29-10-6-17/h1-4,14-18,25,29H,5-13H2. The van der Waals surface area contributed by atoms with E-state index in [9.17, 15) is 4.79 Å². The number of nitrogens with zero attached hydrogens (tertiary/aromatic N) is 2. The van der Waals surface area contributed by atoms with E-state index in [2.05, 4.69) is 56.5 Å². The molecule has 0 bridgehead atoms. The zero-order valence-electron chi connectivity index (χ0n) is 18.2. The topological polar surface area (TPSA) is 45.2 Å². The molecule has 168 valence electrons. The molecule has 1 aromatic carbocycles. The van der Waals surface area contributed by atoms with Crippen molar-refractivity contribution in [1.29, 1.82) is 0 Å². The van der Waals surface area contributed by atoms with Crippen molar-refractivity contribution in [3.8, 4) is 0 Å². The van der Waals surface area contributed by atoms with Crippen LogP contribution in [-0.4, -0.2) is 42.0 Å². The fourth-order valence-electron chi connectivity index (χ4n) is 5.58. The molecule has 2 aliphatic heterocycles. The fourth-order valence-corrected chi connectivity index (χ4v) is 6.11. The van der Waals surface area contributed by atoms with Crippen molar-refractivity contribution < 1.29 is 4.79 Å². The van der Waals surface area contributed by atoms with Crippen molar-refractivity contribution in [1.82, 2.24) is 15.2 Å². The average molecular weight is 515 g/mol. The first-order chi connectivity index (χ1) is 15.6. The monoisotopic (exact) mass is 513 g/mol. The molecule has 3 heterocycles. The van der Waals surface area contributed by atoms with Crippen LogP contribution in [0.2, 0.25) is 5.02 Å². The van der Waals surface area contributed by atoms with E-state index in [0.29, 0.717) is 24.2 Å². The van der Waals surface area contributed by atoms with E-state index in [-0.39, 0.29) is 5.92 Å². The predicted octanol–water partition coefficient (Wildman–Crippen LogP) is 5.74. The second kappa shape index (κ2) is 9.66. The number of carbonyl (C=O) groups is 1. The Morgan fingerprint density at radius 1 is 1.09 bits per heavy atom. The molecule has 1 aliphatic carbocycles. The molecule has 2 aromatic rings. The molecule has 1 amide bonds. The number of likely N-dealkylation sites (tertiary alicyclic amines) is 1. The molecule has 0 saturated carbocycles. The lowest BCUT2D eigenvalue weighted by Crippen LogP contribution is -2.41. The molecule has 32 heavy (non-hydrogen) atoms. The van der Waals surface area contributed by atoms with Gasteiger partial charge in [-0.15, -0.1) is 0 Å². The van der Waals surface area contributed by atoms with Gasteiger partial charge in [-0.2, -0.15) is 0 Å². The molecule has 2 fully saturated rings. The molecule has 3 aliphatic rings. The minimum Gasteiger partial charge on any atom is -0.343 e. The van der Waals surface area contributed by atoms with E-state index >= 15 is 0 Å². The molecule has 0 radical (unpaired) electrons. The molecule has 1 aromatic heterocycles. The smallest absolute Gasteiger partial charge is 0.222 e. The summed E-state index contributed by atoms with van der Waals surface area (Å²) < 4.78 is 0.988. The van der Waals surface area contributed by atoms with Crippen LogP contribution in [0.3, 0.4) is 0 Å². The normalized spacial score (nSPS) is 21.7. The summed E-state index contributed by atoms with van der Waals surface area (Å²) in [5.74, 6) is 1.54. The largest absolute Gasteiger partial charge is 0.343 e. The third-order valence-corrected chi connectivity index (χ3v) is 7.99. The van der Waals surface area contributed by atoms with Gasteiger partial charge in [0.2, 0.25) is 5.91 Å². The maximum Gasteiger partial charge on any atom is 0.222 e. The number of fused-ring (bicyclic) bond motifs is 2. The first-order valence-corrected chi connectivity index (χ1v) is 12.9. The summed E-state index contributed by atoms with van der Waals surface area (Å²) in [4.78, 5) is 19.9. The number of carbonyl (C=O) groups excluding carboxylic acids is 1. The quantitative estimate of drug-likeness (QED) is 0.568. The van der Waals surface area contributed by atoms with Gasteiger partial charge in [0.15, 0.2) is 0 Å². The Morgan fingerprint density at radius 3 is 2.62 bits per heavy atom. The zero-order chi connectivity index (χ0) is 22.1.